The average Bonchev–Trinajstić information content (AvgIpc) is 2.41. The summed E-state index contributed by atoms with van der Waals surface area (Å²) in [7, 11) is -14.9. The highest BCUT2D eigenvalue weighted by molar-refractivity contribution is 7.46. The molecule has 0 amide bonds. The van der Waals surface area contributed by atoms with Gasteiger partial charge in [-0.05, 0) is 6.42 Å². The summed E-state index contributed by atoms with van der Waals surface area (Å²) in [5.41, 5.74) is 0. The zero-order valence-corrected chi connectivity index (χ0v) is 15.6. The second-order valence-corrected chi connectivity index (χ2v) is 8.56. The lowest BCUT2D eigenvalue weighted by Crippen LogP contribution is -2.55. The Labute approximate surface area is 146 Å². The molecule has 1 aliphatic heterocycles. The number of aliphatic hydroxyl groups excluding tert-OH is 1. The molecule has 15 nitrogen and oxygen atoms in total. The van der Waals surface area contributed by atoms with Gasteiger partial charge in [-0.25, -0.2) is 13.7 Å². The highest BCUT2D eigenvalue weighted by Crippen LogP contribution is 2.45. The quantitative estimate of drug-likeness (QED) is 0.144. The van der Waals surface area contributed by atoms with Crippen molar-refractivity contribution in [3.63, 3.8) is 0 Å². The van der Waals surface area contributed by atoms with Crippen LogP contribution >= 0.6 is 23.5 Å². The summed E-state index contributed by atoms with van der Waals surface area (Å²) in [6, 6.07) is 0. The second-order valence-electron chi connectivity index (χ2n) is 4.94. The van der Waals surface area contributed by atoms with E-state index in [9.17, 15) is 18.8 Å². The van der Waals surface area contributed by atoms with Crippen LogP contribution in [0.4, 0.5) is 0 Å². The van der Waals surface area contributed by atoms with Crippen LogP contribution in [0.1, 0.15) is 6.42 Å². The first-order valence-electron chi connectivity index (χ1n) is 6.77. The third kappa shape index (κ3) is 9.95. The molecule has 156 valence electrons. The largest absolute Gasteiger partial charge is 0.470 e. The van der Waals surface area contributed by atoms with Gasteiger partial charge in [0.15, 0.2) is 6.29 Å². The molecule has 0 radical (unpaired) electrons. The predicted molar refractivity (Wildman–Crippen MR) is 78.1 cm³/mol. The van der Waals surface area contributed by atoms with Crippen LogP contribution < -0.4 is 0 Å². The SMILES string of the molecule is O=P(O)(O)OCCCO[C@H]1OC[C@@H](OP(=O)(O)O)[C@H](OP(=O)(O)O)[C@H]1O. The Bertz CT molecular complexity index is 577. The molecule has 0 aliphatic carbocycles. The lowest BCUT2D eigenvalue weighted by Gasteiger charge is -2.39. The van der Waals surface area contributed by atoms with E-state index in [1.807, 2.05) is 0 Å². The Balaban J connectivity index is 2.64. The molecule has 0 aromatic rings. The first-order valence-corrected chi connectivity index (χ1v) is 11.4. The minimum Gasteiger partial charge on any atom is -0.385 e. The van der Waals surface area contributed by atoms with Crippen molar-refractivity contribution in [3.05, 3.63) is 0 Å². The Morgan fingerprint density at radius 1 is 0.885 bits per heavy atom. The molecule has 18 heteroatoms. The highest BCUT2D eigenvalue weighted by atomic mass is 31.2. The van der Waals surface area contributed by atoms with Crippen molar-refractivity contribution < 1.29 is 71.2 Å². The molecule has 1 heterocycles. The van der Waals surface area contributed by atoms with E-state index < -0.39 is 54.7 Å². The summed E-state index contributed by atoms with van der Waals surface area (Å²) in [5, 5.41) is 10.0. The predicted octanol–water partition coefficient (Wildman–Crippen LogP) is -1.82. The lowest BCUT2D eigenvalue weighted by molar-refractivity contribution is -0.265. The first-order chi connectivity index (χ1) is 11.7. The van der Waals surface area contributed by atoms with E-state index in [-0.39, 0.29) is 19.6 Å². The third-order valence-electron chi connectivity index (χ3n) is 2.77. The summed E-state index contributed by atoms with van der Waals surface area (Å²) < 4.78 is 55.1. The van der Waals surface area contributed by atoms with Crippen LogP contribution in [0.5, 0.6) is 0 Å². The fourth-order valence-electron chi connectivity index (χ4n) is 1.90. The summed E-state index contributed by atoms with van der Waals surface area (Å²) >= 11 is 0. The fraction of sp³-hybridized carbons (Fsp3) is 1.00. The molecule has 0 unspecified atom stereocenters. The van der Waals surface area contributed by atoms with Crippen LogP contribution in [0.15, 0.2) is 0 Å². The molecule has 1 rings (SSSR count). The van der Waals surface area contributed by atoms with Crippen molar-refractivity contribution in [2.75, 3.05) is 19.8 Å². The van der Waals surface area contributed by atoms with Gasteiger partial charge in [-0.1, -0.05) is 0 Å². The van der Waals surface area contributed by atoms with Gasteiger partial charge in [0, 0.05) is 0 Å². The number of rotatable bonds is 10. The molecule has 0 spiro atoms. The van der Waals surface area contributed by atoms with E-state index in [0.29, 0.717) is 0 Å². The Morgan fingerprint density at radius 2 is 1.46 bits per heavy atom. The van der Waals surface area contributed by atoms with Crippen molar-refractivity contribution in [1.29, 1.82) is 0 Å². The Kier molecular flexibility index (Phi) is 8.96. The van der Waals surface area contributed by atoms with Crippen molar-refractivity contribution in [1.82, 2.24) is 0 Å². The van der Waals surface area contributed by atoms with Crippen molar-refractivity contribution >= 4 is 23.5 Å². The van der Waals surface area contributed by atoms with Gasteiger partial charge in [-0.2, -0.15) is 0 Å². The summed E-state index contributed by atoms with van der Waals surface area (Å²) in [6.07, 6.45) is -7.07. The summed E-state index contributed by atoms with van der Waals surface area (Å²) in [5.74, 6) is 0. The van der Waals surface area contributed by atoms with Gasteiger partial charge in [-0.15, -0.1) is 0 Å². The normalized spacial score (nSPS) is 28.3. The maximum atomic E-state index is 11.0. The van der Waals surface area contributed by atoms with Gasteiger partial charge in [0.05, 0.1) is 19.8 Å². The zero-order chi connectivity index (χ0) is 20.2. The number of phosphoric ester groups is 3. The third-order valence-corrected chi connectivity index (χ3v) is 4.35. The van der Waals surface area contributed by atoms with Crippen LogP contribution in [-0.2, 0) is 36.7 Å². The molecule has 26 heavy (non-hydrogen) atoms. The van der Waals surface area contributed by atoms with E-state index in [2.05, 4.69) is 13.6 Å². The maximum Gasteiger partial charge on any atom is 0.470 e. The number of hydrogen-bond donors (Lipinski definition) is 7. The maximum absolute atomic E-state index is 11.0. The summed E-state index contributed by atoms with van der Waals surface area (Å²) in [4.78, 5) is 52.3. The van der Waals surface area contributed by atoms with Crippen LogP contribution in [0, 0.1) is 0 Å². The number of aliphatic hydroxyl groups is 1. The van der Waals surface area contributed by atoms with Crippen molar-refractivity contribution in [3.8, 4) is 0 Å². The van der Waals surface area contributed by atoms with Gasteiger partial charge < -0.3 is 43.9 Å². The molecule has 4 atom stereocenters. The van der Waals surface area contributed by atoms with E-state index >= 15 is 0 Å². The molecule has 1 aliphatic rings. The van der Waals surface area contributed by atoms with E-state index in [4.69, 9.17) is 38.8 Å². The Morgan fingerprint density at radius 3 is 1.96 bits per heavy atom. The molecule has 0 saturated carbocycles. The fourth-order valence-corrected chi connectivity index (χ4v) is 3.38. The summed E-state index contributed by atoms with van der Waals surface area (Å²) in [6.45, 7) is -1.27. The molecule has 0 aromatic carbocycles. The molecular weight excluding hydrogens is 429 g/mol. The molecular formula is C8H19O15P3. The molecule has 1 saturated heterocycles. The van der Waals surface area contributed by atoms with E-state index in [1.165, 1.54) is 0 Å². The average molecular weight is 448 g/mol. The number of ether oxygens (including phenoxy) is 2. The Hall–Kier alpha value is 0.210. The second kappa shape index (κ2) is 9.61. The zero-order valence-electron chi connectivity index (χ0n) is 12.9. The van der Waals surface area contributed by atoms with E-state index in [0.717, 1.165) is 0 Å². The van der Waals surface area contributed by atoms with Crippen LogP contribution in [0.2, 0.25) is 0 Å². The topological polar surface area (TPSA) is 239 Å². The molecule has 0 bridgehead atoms. The highest BCUT2D eigenvalue weighted by Gasteiger charge is 2.46. The number of hydrogen-bond acceptors (Lipinski definition) is 9. The van der Waals surface area contributed by atoms with Gasteiger partial charge in [0.25, 0.3) is 0 Å². The van der Waals surface area contributed by atoms with Crippen LogP contribution in [0.25, 0.3) is 0 Å². The van der Waals surface area contributed by atoms with Crippen LogP contribution in [0.3, 0.4) is 0 Å². The molecule has 7 N–H and O–H groups in total. The van der Waals surface area contributed by atoms with E-state index in [1.54, 1.807) is 0 Å². The minimum atomic E-state index is -5.17. The first kappa shape index (κ1) is 24.2. The molecule has 1 fully saturated rings. The van der Waals surface area contributed by atoms with Gasteiger partial charge >= 0.3 is 23.5 Å². The monoisotopic (exact) mass is 448 g/mol. The van der Waals surface area contributed by atoms with Crippen molar-refractivity contribution in [2.45, 2.75) is 31.0 Å². The smallest absolute Gasteiger partial charge is 0.385 e. The minimum absolute atomic E-state index is 0.0376. The molecule has 0 aromatic heterocycles. The van der Waals surface area contributed by atoms with Gasteiger partial charge in [-0.3, -0.25) is 13.6 Å². The standard InChI is InChI=1S/C8H19O15P3/c9-6-7(23-26(16,17)18)5(22-25(13,14)15)4-20-8(6)19-2-1-3-21-24(10,11)12/h5-9H,1-4H2,(H2,10,11,12)(H2,13,14,15)(H2,16,17,18)/t5-,6-,7+,8+/m1/s1. The van der Waals surface area contributed by atoms with Crippen LogP contribution in [-0.4, -0.2) is 78.9 Å². The number of phosphoric acid groups is 3. The van der Waals surface area contributed by atoms with Gasteiger partial charge in [0.1, 0.15) is 18.3 Å². The van der Waals surface area contributed by atoms with Crippen molar-refractivity contribution in [2.24, 2.45) is 0 Å². The van der Waals surface area contributed by atoms with Gasteiger partial charge in [0.2, 0.25) is 0 Å². The lowest BCUT2D eigenvalue weighted by atomic mass is 10.1.